The van der Waals surface area contributed by atoms with E-state index in [2.05, 4.69) is 21.2 Å². The maximum atomic E-state index is 12.3. The molecular weight excluding hydrogens is 252 g/mol. The first kappa shape index (κ1) is 11.4. The number of hydrogen-bond acceptors (Lipinski definition) is 1. The molecule has 14 heavy (non-hydrogen) atoms. The highest BCUT2D eigenvalue weighted by atomic mass is 79.9. The van der Waals surface area contributed by atoms with Crippen LogP contribution in [0.15, 0.2) is 22.7 Å². The lowest BCUT2D eigenvalue weighted by atomic mass is 10.2. The van der Waals surface area contributed by atoms with Gasteiger partial charge in [-0.05, 0) is 41.4 Å². The second-order valence-corrected chi connectivity index (χ2v) is 4.00. The largest absolute Gasteiger partial charge is 0.376 e. The van der Waals surface area contributed by atoms with Crippen molar-refractivity contribution >= 4 is 21.6 Å². The Balaban J connectivity index is 2.82. The Labute approximate surface area is 90.6 Å². The van der Waals surface area contributed by atoms with Crippen LogP contribution in [-0.2, 0) is 0 Å². The van der Waals surface area contributed by atoms with E-state index in [4.69, 9.17) is 0 Å². The maximum Gasteiger partial charge on any atom is 0.258 e. The zero-order valence-electron chi connectivity index (χ0n) is 8.02. The van der Waals surface area contributed by atoms with Gasteiger partial charge in [0.25, 0.3) is 6.43 Å². The number of hydrogen-bond donors (Lipinski definition) is 1. The fourth-order valence-corrected chi connectivity index (χ4v) is 1.45. The van der Waals surface area contributed by atoms with Crippen molar-refractivity contribution in [1.82, 2.24) is 0 Å². The van der Waals surface area contributed by atoms with Gasteiger partial charge >= 0.3 is 0 Å². The predicted molar refractivity (Wildman–Crippen MR) is 58.0 cm³/mol. The van der Waals surface area contributed by atoms with Crippen LogP contribution in [0.4, 0.5) is 14.5 Å². The van der Waals surface area contributed by atoms with Gasteiger partial charge in [0, 0.05) is 10.2 Å². The van der Waals surface area contributed by atoms with E-state index >= 15 is 0 Å². The Hall–Kier alpha value is -0.640. The van der Waals surface area contributed by atoms with E-state index in [1.165, 1.54) is 6.92 Å². The van der Waals surface area contributed by atoms with E-state index in [-0.39, 0.29) is 0 Å². The molecule has 1 rings (SSSR count). The lowest BCUT2D eigenvalue weighted by Gasteiger charge is -2.16. The van der Waals surface area contributed by atoms with Gasteiger partial charge in [0.1, 0.15) is 0 Å². The molecule has 4 heteroatoms. The second-order valence-electron chi connectivity index (χ2n) is 3.20. The maximum absolute atomic E-state index is 12.3. The van der Waals surface area contributed by atoms with Gasteiger partial charge in [0.2, 0.25) is 0 Å². The smallest absolute Gasteiger partial charge is 0.258 e. The predicted octanol–water partition coefficient (Wildman–Crippen LogP) is 3.82. The standard InChI is InChI=1S/C10H12BrF2N/c1-6-4-3-5-8(9(6)11)14-7(2)10(12)13/h3-5,7,10,14H,1-2H3. The van der Waals surface area contributed by atoms with Crippen LogP contribution in [-0.4, -0.2) is 12.5 Å². The summed E-state index contributed by atoms with van der Waals surface area (Å²) in [5.74, 6) is 0. The summed E-state index contributed by atoms with van der Waals surface area (Å²) in [6.45, 7) is 3.38. The molecule has 0 aliphatic carbocycles. The molecule has 0 spiro atoms. The molecule has 0 radical (unpaired) electrons. The fourth-order valence-electron chi connectivity index (χ4n) is 1.07. The monoisotopic (exact) mass is 263 g/mol. The number of anilines is 1. The summed E-state index contributed by atoms with van der Waals surface area (Å²) in [7, 11) is 0. The van der Waals surface area contributed by atoms with Gasteiger partial charge in [0.15, 0.2) is 0 Å². The Bertz CT molecular complexity index is 315. The third kappa shape index (κ3) is 2.67. The number of halogens is 3. The second kappa shape index (κ2) is 4.73. The van der Waals surface area contributed by atoms with Crippen LogP contribution < -0.4 is 5.32 Å². The van der Waals surface area contributed by atoms with Crippen LogP contribution in [0.3, 0.4) is 0 Å². The molecule has 0 amide bonds. The first-order chi connectivity index (χ1) is 6.52. The van der Waals surface area contributed by atoms with Crippen LogP contribution in [0.1, 0.15) is 12.5 Å². The number of nitrogens with one attached hydrogen (secondary N) is 1. The highest BCUT2D eigenvalue weighted by Gasteiger charge is 2.15. The Kier molecular flexibility index (Phi) is 3.86. The van der Waals surface area contributed by atoms with Crippen molar-refractivity contribution in [2.45, 2.75) is 26.3 Å². The van der Waals surface area contributed by atoms with E-state index < -0.39 is 12.5 Å². The molecule has 0 fully saturated rings. The van der Waals surface area contributed by atoms with Crippen molar-refractivity contribution in [3.05, 3.63) is 28.2 Å². The summed E-state index contributed by atoms with van der Waals surface area (Å²) in [4.78, 5) is 0. The first-order valence-electron chi connectivity index (χ1n) is 4.32. The molecule has 1 aromatic carbocycles. The van der Waals surface area contributed by atoms with E-state index in [1.54, 1.807) is 6.07 Å². The van der Waals surface area contributed by atoms with E-state index in [9.17, 15) is 8.78 Å². The Morgan fingerprint density at radius 1 is 1.36 bits per heavy atom. The minimum atomic E-state index is -2.36. The third-order valence-corrected chi connectivity index (χ3v) is 3.01. The number of alkyl halides is 2. The lowest BCUT2D eigenvalue weighted by molar-refractivity contribution is 0.130. The first-order valence-corrected chi connectivity index (χ1v) is 5.11. The van der Waals surface area contributed by atoms with Crippen LogP contribution >= 0.6 is 15.9 Å². The highest BCUT2D eigenvalue weighted by molar-refractivity contribution is 9.10. The topological polar surface area (TPSA) is 12.0 Å². The van der Waals surface area contributed by atoms with Crippen molar-refractivity contribution in [2.24, 2.45) is 0 Å². The van der Waals surface area contributed by atoms with E-state index in [1.807, 2.05) is 19.1 Å². The summed E-state index contributed by atoms with van der Waals surface area (Å²) < 4.78 is 25.4. The minimum absolute atomic E-state index is 0.706. The quantitative estimate of drug-likeness (QED) is 0.875. The van der Waals surface area contributed by atoms with Crippen LogP contribution in [0, 0.1) is 6.92 Å². The molecule has 1 aromatic rings. The molecule has 0 saturated heterocycles. The molecule has 0 aliphatic heterocycles. The van der Waals surface area contributed by atoms with Gasteiger partial charge in [-0.25, -0.2) is 8.78 Å². The fraction of sp³-hybridized carbons (Fsp3) is 0.400. The molecule has 0 heterocycles. The molecule has 78 valence electrons. The number of rotatable bonds is 3. The number of aryl methyl sites for hydroxylation is 1. The molecule has 0 saturated carbocycles. The summed E-state index contributed by atoms with van der Waals surface area (Å²) in [5, 5.41) is 2.75. The molecule has 1 unspecified atom stereocenters. The molecule has 1 nitrogen and oxygen atoms in total. The molecule has 1 N–H and O–H groups in total. The van der Waals surface area contributed by atoms with Gasteiger partial charge in [-0.15, -0.1) is 0 Å². The SMILES string of the molecule is Cc1cccc(NC(C)C(F)F)c1Br. The van der Waals surface area contributed by atoms with Gasteiger partial charge < -0.3 is 5.32 Å². The van der Waals surface area contributed by atoms with E-state index in [0.717, 1.165) is 10.0 Å². The molecule has 0 bridgehead atoms. The number of benzene rings is 1. The molecule has 0 aromatic heterocycles. The van der Waals surface area contributed by atoms with Crippen LogP contribution in [0.5, 0.6) is 0 Å². The van der Waals surface area contributed by atoms with Crippen molar-refractivity contribution in [2.75, 3.05) is 5.32 Å². The normalized spacial score (nSPS) is 13.0. The summed E-state index contributed by atoms with van der Waals surface area (Å²) >= 11 is 3.35. The third-order valence-electron chi connectivity index (χ3n) is 1.95. The van der Waals surface area contributed by atoms with Crippen molar-refractivity contribution < 1.29 is 8.78 Å². The van der Waals surface area contributed by atoms with E-state index in [0.29, 0.717) is 5.69 Å². The van der Waals surface area contributed by atoms with Crippen molar-refractivity contribution in [1.29, 1.82) is 0 Å². The minimum Gasteiger partial charge on any atom is -0.376 e. The van der Waals surface area contributed by atoms with Crippen LogP contribution in [0.2, 0.25) is 0 Å². The molecule has 1 atom stereocenters. The summed E-state index contributed by atoms with van der Waals surface area (Å²) in [5.41, 5.74) is 1.73. The van der Waals surface area contributed by atoms with Gasteiger partial charge in [-0.2, -0.15) is 0 Å². The summed E-state index contributed by atoms with van der Waals surface area (Å²) in [6, 6.07) is 4.69. The van der Waals surface area contributed by atoms with Crippen LogP contribution in [0.25, 0.3) is 0 Å². The van der Waals surface area contributed by atoms with Crippen molar-refractivity contribution in [3.63, 3.8) is 0 Å². The Morgan fingerprint density at radius 3 is 2.57 bits per heavy atom. The zero-order chi connectivity index (χ0) is 10.7. The molecular formula is C10H12BrF2N. The molecule has 0 aliphatic rings. The zero-order valence-corrected chi connectivity index (χ0v) is 9.61. The van der Waals surface area contributed by atoms with Crippen molar-refractivity contribution in [3.8, 4) is 0 Å². The average molecular weight is 264 g/mol. The summed E-state index contributed by atoms with van der Waals surface area (Å²) in [6.07, 6.45) is -2.36. The average Bonchev–Trinajstić information content (AvgIpc) is 2.12. The van der Waals surface area contributed by atoms with Gasteiger partial charge in [-0.1, -0.05) is 12.1 Å². The Morgan fingerprint density at radius 2 is 2.00 bits per heavy atom. The highest BCUT2D eigenvalue weighted by Crippen LogP contribution is 2.26. The van der Waals surface area contributed by atoms with Gasteiger partial charge in [-0.3, -0.25) is 0 Å². The van der Waals surface area contributed by atoms with Gasteiger partial charge in [0.05, 0.1) is 6.04 Å². The lowest BCUT2D eigenvalue weighted by Crippen LogP contribution is -2.23.